The number of carbonyl (C=O) groups excluding carboxylic acids is 1. The molecule has 2 nitrogen and oxygen atoms in total. The van der Waals surface area contributed by atoms with Gasteiger partial charge < -0.3 is 4.74 Å². The first-order valence-corrected chi connectivity index (χ1v) is 8.20. The van der Waals surface area contributed by atoms with Gasteiger partial charge in [0.15, 0.2) is 5.78 Å². The van der Waals surface area contributed by atoms with Crippen molar-refractivity contribution in [1.82, 2.24) is 0 Å². The van der Waals surface area contributed by atoms with Gasteiger partial charge in [0, 0.05) is 11.1 Å². The summed E-state index contributed by atoms with van der Waals surface area (Å²) in [5, 5.41) is 0. The third kappa shape index (κ3) is 3.65. The number of fused-ring (bicyclic) bond motifs is 1. The fourth-order valence-corrected chi connectivity index (χ4v) is 3.18. The SMILES string of the molecule is CC(=O)c1ccc2c(c1)C(Cc1ccccc1)CC(=CCl)CO2. The van der Waals surface area contributed by atoms with E-state index in [4.69, 9.17) is 16.3 Å². The highest BCUT2D eigenvalue weighted by Gasteiger charge is 2.23. The summed E-state index contributed by atoms with van der Waals surface area (Å²) >= 11 is 5.95. The van der Waals surface area contributed by atoms with Gasteiger partial charge >= 0.3 is 0 Å². The molecule has 0 N–H and O–H groups in total. The summed E-state index contributed by atoms with van der Waals surface area (Å²) in [7, 11) is 0. The van der Waals surface area contributed by atoms with Crippen molar-refractivity contribution in [3.05, 3.63) is 76.3 Å². The van der Waals surface area contributed by atoms with Crippen molar-refractivity contribution in [2.45, 2.75) is 25.7 Å². The number of rotatable bonds is 3. The lowest BCUT2D eigenvalue weighted by molar-refractivity contribution is 0.101. The molecule has 1 atom stereocenters. The zero-order chi connectivity index (χ0) is 16.2. The van der Waals surface area contributed by atoms with Crippen LogP contribution in [0.25, 0.3) is 0 Å². The first kappa shape index (κ1) is 15.8. The van der Waals surface area contributed by atoms with E-state index in [2.05, 4.69) is 12.1 Å². The average Bonchev–Trinajstić information content (AvgIpc) is 2.75. The van der Waals surface area contributed by atoms with Gasteiger partial charge in [-0.25, -0.2) is 0 Å². The number of Topliss-reactive ketones (excluding diaryl/α,β-unsaturated/α-hetero) is 1. The van der Waals surface area contributed by atoms with Gasteiger partial charge in [-0.05, 0) is 60.6 Å². The van der Waals surface area contributed by atoms with Crippen molar-refractivity contribution in [1.29, 1.82) is 0 Å². The van der Waals surface area contributed by atoms with Gasteiger partial charge in [-0.3, -0.25) is 4.79 Å². The van der Waals surface area contributed by atoms with Crippen molar-refractivity contribution in [3.8, 4) is 5.75 Å². The Balaban J connectivity index is 2.01. The van der Waals surface area contributed by atoms with Gasteiger partial charge in [-0.1, -0.05) is 41.9 Å². The Labute approximate surface area is 141 Å². The predicted octanol–water partition coefficient (Wildman–Crippen LogP) is 5.12. The molecule has 2 aromatic carbocycles. The molecule has 1 unspecified atom stereocenters. The molecular weight excluding hydrogens is 308 g/mol. The maximum absolute atomic E-state index is 11.7. The van der Waals surface area contributed by atoms with Crippen molar-refractivity contribution in [2.24, 2.45) is 0 Å². The number of hydrogen-bond donors (Lipinski definition) is 0. The van der Waals surface area contributed by atoms with E-state index < -0.39 is 0 Å². The van der Waals surface area contributed by atoms with Crippen molar-refractivity contribution >= 4 is 17.4 Å². The quantitative estimate of drug-likeness (QED) is 0.732. The fourth-order valence-electron chi connectivity index (χ4n) is 3.03. The Morgan fingerprint density at radius 1 is 1.26 bits per heavy atom. The summed E-state index contributed by atoms with van der Waals surface area (Å²) in [5.41, 5.74) is 5.79. The van der Waals surface area contributed by atoms with Gasteiger partial charge in [0.25, 0.3) is 0 Å². The molecule has 23 heavy (non-hydrogen) atoms. The van der Waals surface area contributed by atoms with Crippen LogP contribution in [0.4, 0.5) is 0 Å². The van der Waals surface area contributed by atoms with Crippen LogP contribution in [0, 0.1) is 0 Å². The molecule has 0 radical (unpaired) electrons. The second kappa shape index (κ2) is 7.01. The van der Waals surface area contributed by atoms with Crippen LogP contribution in [0.2, 0.25) is 0 Å². The third-order valence-electron chi connectivity index (χ3n) is 4.26. The van der Waals surface area contributed by atoms with Crippen LogP contribution in [0.15, 0.2) is 59.6 Å². The highest BCUT2D eigenvalue weighted by Crippen LogP contribution is 2.38. The lowest BCUT2D eigenvalue weighted by Crippen LogP contribution is -2.05. The van der Waals surface area contributed by atoms with Crippen molar-refractivity contribution in [2.75, 3.05) is 6.61 Å². The third-order valence-corrected chi connectivity index (χ3v) is 4.57. The minimum Gasteiger partial charge on any atom is -0.489 e. The summed E-state index contributed by atoms with van der Waals surface area (Å²) in [5.74, 6) is 1.17. The van der Waals surface area contributed by atoms with Crippen LogP contribution >= 0.6 is 11.6 Å². The lowest BCUT2D eigenvalue weighted by Gasteiger charge is -2.18. The molecule has 1 aliphatic rings. The molecule has 1 heterocycles. The van der Waals surface area contributed by atoms with Gasteiger partial charge in [0.2, 0.25) is 0 Å². The lowest BCUT2D eigenvalue weighted by atomic mass is 9.86. The molecule has 118 valence electrons. The number of halogens is 1. The molecule has 3 rings (SSSR count). The van der Waals surface area contributed by atoms with E-state index in [1.54, 1.807) is 12.5 Å². The van der Waals surface area contributed by atoms with Crippen LogP contribution in [0.5, 0.6) is 5.75 Å². The Bertz CT molecular complexity index is 735. The number of ketones is 1. The summed E-state index contributed by atoms with van der Waals surface area (Å²) < 4.78 is 5.89. The molecule has 0 aromatic heterocycles. The number of carbonyl (C=O) groups is 1. The van der Waals surface area contributed by atoms with E-state index in [-0.39, 0.29) is 11.7 Å². The topological polar surface area (TPSA) is 26.3 Å². The molecule has 0 aliphatic carbocycles. The summed E-state index contributed by atoms with van der Waals surface area (Å²) in [4.78, 5) is 11.7. The predicted molar refractivity (Wildman–Crippen MR) is 93.4 cm³/mol. The zero-order valence-corrected chi connectivity index (χ0v) is 13.8. The van der Waals surface area contributed by atoms with Gasteiger partial charge in [0.05, 0.1) is 0 Å². The number of hydrogen-bond acceptors (Lipinski definition) is 2. The monoisotopic (exact) mass is 326 g/mol. The van der Waals surface area contributed by atoms with E-state index in [9.17, 15) is 4.79 Å². The molecule has 3 heteroatoms. The molecular formula is C20H19ClO2. The van der Waals surface area contributed by atoms with E-state index in [0.717, 1.165) is 35.3 Å². The highest BCUT2D eigenvalue weighted by atomic mass is 35.5. The summed E-state index contributed by atoms with van der Waals surface area (Å²) in [6, 6.07) is 16.1. The van der Waals surface area contributed by atoms with Gasteiger partial charge in [0.1, 0.15) is 12.4 Å². The first-order valence-electron chi connectivity index (χ1n) is 7.77. The van der Waals surface area contributed by atoms with Crippen LogP contribution in [0.1, 0.15) is 40.7 Å². The molecule has 0 amide bonds. The number of ether oxygens (including phenoxy) is 1. The fraction of sp³-hybridized carbons (Fsp3) is 0.250. The molecule has 0 saturated heterocycles. The second-order valence-electron chi connectivity index (χ2n) is 5.96. The molecule has 0 saturated carbocycles. The number of benzene rings is 2. The summed E-state index contributed by atoms with van der Waals surface area (Å²) in [6.07, 6.45) is 1.74. The van der Waals surface area contributed by atoms with Crippen LogP contribution in [-0.4, -0.2) is 12.4 Å². The largest absolute Gasteiger partial charge is 0.489 e. The van der Waals surface area contributed by atoms with Crippen LogP contribution in [0.3, 0.4) is 0 Å². The zero-order valence-electron chi connectivity index (χ0n) is 13.1. The van der Waals surface area contributed by atoms with Gasteiger partial charge in [-0.15, -0.1) is 0 Å². The minimum absolute atomic E-state index is 0.0728. The Kier molecular flexibility index (Phi) is 4.82. The van der Waals surface area contributed by atoms with Crippen molar-refractivity contribution in [3.63, 3.8) is 0 Å². The van der Waals surface area contributed by atoms with Crippen LogP contribution < -0.4 is 4.74 Å². The molecule has 0 fully saturated rings. The van der Waals surface area contributed by atoms with E-state index >= 15 is 0 Å². The van der Waals surface area contributed by atoms with E-state index in [0.29, 0.717) is 6.61 Å². The van der Waals surface area contributed by atoms with E-state index in [1.807, 2.05) is 36.4 Å². The Morgan fingerprint density at radius 3 is 2.74 bits per heavy atom. The second-order valence-corrected chi connectivity index (χ2v) is 6.17. The smallest absolute Gasteiger partial charge is 0.159 e. The maximum Gasteiger partial charge on any atom is 0.159 e. The van der Waals surface area contributed by atoms with Crippen LogP contribution in [-0.2, 0) is 6.42 Å². The average molecular weight is 327 g/mol. The first-order chi connectivity index (χ1) is 11.2. The molecule has 0 spiro atoms. The highest BCUT2D eigenvalue weighted by molar-refractivity contribution is 6.25. The van der Waals surface area contributed by atoms with Gasteiger partial charge in [-0.2, -0.15) is 0 Å². The van der Waals surface area contributed by atoms with E-state index in [1.165, 1.54) is 5.56 Å². The Morgan fingerprint density at radius 2 is 2.04 bits per heavy atom. The minimum atomic E-state index is 0.0728. The maximum atomic E-state index is 11.7. The normalized spacial score (nSPS) is 18.9. The Hall–Kier alpha value is -2.06. The standard InChI is InChI=1S/C20H19ClO2/c1-14(22)17-7-8-20-19(11-17)18(10-16(12-21)13-23-20)9-15-5-3-2-4-6-15/h2-8,11-12,18H,9-10,13H2,1H3. The summed E-state index contributed by atoms with van der Waals surface area (Å²) in [6.45, 7) is 2.09. The molecule has 0 bridgehead atoms. The molecule has 2 aromatic rings. The van der Waals surface area contributed by atoms with Crippen molar-refractivity contribution < 1.29 is 9.53 Å². The molecule has 1 aliphatic heterocycles.